The summed E-state index contributed by atoms with van der Waals surface area (Å²) < 4.78 is 0. The minimum atomic E-state index is -0.499. The van der Waals surface area contributed by atoms with Crippen LogP contribution in [-0.2, 0) is 6.54 Å². The summed E-state index contributed by atoms with van der Waals surface area (Å²) in [6, 6.07) is 5.81. The van der Waals surface area contributed by atoms with Gasteiger partial charge in [0, 0.05) is 29.1 Å². The maximum absolute atomic E-state index is 12.2. The zero-order chi connectivity index (χ0) is 15.4. The van der Waals surface area contributed by atoms with Crippen LogP contribution in [-0.4, -0.2) is 34.2 Å². The summed E-state index contributed by atoms with van der Waals surface area (Å²) in [5.74, 6) is -0.136. The minimum Gasteiger partial charge on any atom is -0.294 e. The van der Waals surface area contributed by atoms with Crippen molar-refractivity contribution < 1.29 is 9.72 Å². The molecule has 0 unspecified atom stereocenters. The Morgan fingerprint density at radius 1 is 1.48 bits per heavy atom. The highest BCUT2D eigenvalue weighted by Crippen LogP contribution is 2.16. The van der Waals surface area contributed by atoms with Crippen LogP contribution in [0.5, 0.6) is 0 Å². The van der Waals surface area contributed by atoms with Gasteiger partial charge in [0.1, 0.15) is 0 Å². The molecular formula is C14H15N3O3S. The Morgan fingerprint density at radius 3 is 2.86 bits per heavy atom. The lowest BCUT2D eigenvalue weighted by Gasteiger charge is -2.14. The maximum atomic E-state index is 12.2. The number of nitro groups is 1. The van der Waals surface area contributed by atoms with Crippen LogP contribution in [0.4, 0.5) is 5.69 Å². The van der Waals surface area contributed by atoms with Crippen LogP contribution < -0.4 is 0 Å². The highest BCUT2D eigenvalue weighted by molar-refractivity contribution is 7.09. The van der Waals surface area contributed by atoms with Crippen molar-refractivity contribution in [1.82, 2.24) is 9.88 Å². The SMILES string of the molecule is Cc1ncsc1CN(C)CC(=O)c1cccc([N+](=O)[O-])c1. The van der Waals surface area contributed by atoms with Crippen molar-refractivity contribution in [2.75, 3.05) is 13.6 Å². The molecule has 0 radical (unpaired) electrons. The number of aryl methyl sites for hydroxylation is 1. The first-order valence-corrected chi connectivity index (χ1v) is 7.20. The average molecular weight is 305 g/mol. The molecule has 1 heterocycles. The van der Waals surface area contributed by atoms with Crippen LogP contribution in [0.1, 0.15) is 20.9 Å². The van der Waals surface area contributed by atoms with Gasteiger partial charge in [0.25, 0.3) is 5.69 Å². The molecule has 0 aliphatic carbocycles. The Morgan fingerprint density at radius 2 is 2.24 bits per heavy atom. The van der Waals surface area contributed by atoms with E-state index in [1.54, 1.807) is 22.9 Å². The zero-order valence-electron chi connectivity index (χ0n) is 11.8. The number of carbonyl (C=O) groups excluding carboxylic acids is 1. The molecule has 110 valence electrons. The summed E-state index contributed by atoms with van der Waals surface area (Å²) in [5.41, 5.74) is 3.04. The van der Waals surface area contributed by atoms with Gasteiger partial charge in [-0.2, -0.15) is 0 Å². The number of nitro benzene ring substituents is 1. The second-order valence-electron chi connectivity index (χ2n) is 4.76. The van der Waals surface area contributed by atoms with Gasteiger partial charge in [0.05, 0.1) is 22.7 Å². The molecule has 0 atom stereocenters. The van der Waals surface area contributed by atoms with Crippen LogP contribution in [0, 0.1) is 17.0 Å². The van der Waals surface area contributed by atoms with Gasteiger partial charge in [-0.15, -0.1) is 11.3 Å². The maximum Gasteiger partial charge on any atom is 0.270 e. The number of thiazole rings is 1. The highest BCUT2D eigenvalue weighted by atomic mass is 32.1. The van der Waals surface area contributed by atoms with E-state index in [1.165, 1.54) is 18.2 Å². The van der Waals surface area contributed by atoms with Gasteiger partial charge in [-0.3, -0.25) is 19.8 Å². The highest BCUT2D eigenvalue weighted by Gasteiger charge is 2.14. The lowest BCUT2D eigenvalue weighted by molar-refractivity contribution is -0.384. The Hall–Kier alpha value is -2.12. The number of benzene rings is 1. The normalized spacial score (nSPS) is 10.8. The fourth-order valence-corrected chi connectivity index (χ4v) is 2.76. The largest absolute Gasteiger partial charge is 0.294 e. The summed E-state index contributed by atoms with van der Waals surface area (Å²) >= 11 is 1.55. The predicted molar refractivity (Wildman–Crippen MR) is 80.6 cm³/mol. The lowest BCUT2D eigenvalue weighted by Crippen LogP contribution is -2.25. The fraction of sp³-hybridized carbons (Fsp3) is 0.286. The van der Waals surface area contributed by atoms with E-state index in [9.17, 15) is 14.9 Å². The fourth-order valence-electron chi connectivity index (χ4n) is 1.91. The number of ketones is 1. The predicted octanol–water partition coefficient (Wildman–Crippen LogP) is 2.67. The van der Waals surface area contributed by atoms with Gasteiger partial charge in [-0.25, -0.2) is 4.98 Å². The molecule has 0 N–H and O–H groups in total. The molecular weight excluding hydrogens is 290 g/mol. The number of likely N-dealkylation sites (N-methyl/N-ethyl adjacent to an activating group) is 1. The molecule has 7 heteroatoms. The van der Waals surface area contributed by atoms with Crippen molar-refractivity contribution in [2.45, 2.75) is 13.5 Å². The summed E-state index contributed by atoms with van der Waals surface area (Å²) in [4.78, 5) is 29.6. The van der Waals surface area contributed by atoms with Gasteiger partial charge in [0.2, 0.25) is 0 Å². The third-order valence-corrected chi connectivity index (χ3v) is 3.97. The van der Waals surface area contributed by atoms with E-state index >= 15 is 0 Å². The molecule has 2 aromatic rings. The zero-order valence-corrected chi connectivity index (χ0v) is 12.6. The lowest BCUT2D eigenvalue weighted by atomic mass is 10.1. The standard InChI is InChI=1S/C14H15N3O3S/c1-10-14(21-9-15-10)8-16(2)7-13(18)11-4-3-5-12(6-11)17(19)20/h3-6,9H,7-8H2,1-2H3. The number of aromatic nitrogens is 1. The second kappa shape index (κ2) is 6.55. The van der Waals surface area contributed by atoms with E-state index in [0.29, 0.717) is 12.1 Å². The molecule has 21 heavy (non-hydrogen) atoms. The summed E-state index contributed by atoms with van der Waals surface area (Å²) in [6.07, 6.45) is 0. The molecule has 1 aromatic carbocycles. The molecule has 0 bridgehead atoms. The first-order valence-electron chi connectivity index (χ1n) is 6.32. The van der Waals surface area contributed by atoms with Crippen LogP contribution in [0.25, 0.3) is 0 Å². The molecule has 2 rings (SSSR count). The Balaban J connectivity index is 2.02. The van der Waals surface area contributed by atoms with Crippen LogP contribution in [0.2, 0.25) is 0 Å². The van der Waals surface area contributed by atoms with Crippen molar-refractivity contribution in [1.29, 1.82) is 0 Å². The molecule has 0 fully saturated rings. The van der Waals surface area contributed by atoms with Crippen LogP contribution >= 0.6 is 11.3 Å². The van der Waals surface area contributed by atoms with Gasteiger partial charge < -0.3 is 0 Å². The van der Waals surface area contributed by atoms with Crippen LogP contribution in [0.15, 0.2) is 29.8 Å². The quantitative estimate of drug-likeness (QED) is 0.466. The number of nitrogens with zero attached hydrogens (tertiary/aromatic N) is 3. The van der Waals surface area contributed by atoms with Crippen molar-refractivity contribution >= 4 is 22.8 Å². The number of rotatable bonds is 6. The van der Waals surface area contributed by atoms with E-state index in [2.05, 4.69) is 4.98 Å². The van der Waals surface area contributed by atoms with Crippen molar-refractivity contribution in [3.05, 3.63) is 56.0 Å². The first-order chi connectivity index (χ1) is 9.97. The third kappa shape index (κ3) is 3.93. The molecule has 6 nitrogen and oxygen atoms in total. The Labute approximate surface area is 126 Å². The number of carbonyl (C=O) groups is 1. The summed E-state index contributed by atoms with van der Waals surface area (Å²) in [6.45, 7) is 2.78. The second-order valence-corrected chi connectivity index (χ2v) is 5.70. The van der Waals surface area contributed by atoms with E-state index in [0.717, 1.165) is 10.6 Å². The number of hydrogen-bond acceptors (Lipinski definition) is 6. The van der Waals surface area contributed by atoms with Gasteiger partial charge >= 0.3 is 0 Å². The number of non-ortho nitro benzene ring substituents is 1. The van der Waals surface area contributed by atoms with E-state index in [-0.39, 0.29) is 18.0 Å². The topological polar surface area (TPSA) is 76.3 Å². The average Bonchev–Trinajstić information content (AvgIpc) is 2.84. The van der Waals surface area contributed by atoms with E-state index in [1.807, 2.05) is 18.9 Å². The molecule has 0 amide bonds. The first kappa shape index (κ1) is 15.3. The van der Waals surface area contributed by atoms with E-state index in [4.69, 9.17) is 0 Å². The van der Waals surface area contributed by atoms with Crippen molar-refractivity contribution in [3.8, 4) is 0 Å². The molecule has 0 saturated carbocycles. The molecule has 0 aliphatic rings. The van der Waals surface area contributed by atoms with Gasteiger partial charge in [-0.1, -0.05) is 12.1 Å². The molecule has 0 saturated heterocycles. The third-order valence-electron chi connectivity index (χ3n) is 3.05. The number of Topliss-reactive ketones (excluding diaryl/α,β-unsaturated/α-hetero) is 1. The molecule has 1 aromatic heterocycles. The molecule has 0 aliphatic heterocycles. The Bertz CT molecular complexity index is 669. The van der Waals surface area contributed by atoms with Crippen LogP contribution in [0.3, 0.4) is 0 Å². The van der Waals surface area contributed by atoms with Crippen molar-refractivity contribution in [3.63, 3.8) is 0 Å². The van der Waals surface area contributed by atoms with Crippen molar-refractivity contribution in [2.24, 2.45) is 0 Å². The summed E-state index contributed by atoms with van der Waals surface area (Å²) in [5, 5.41) is 10.7. The smallest absolute Gasteiger partial charge is 0.270 e. The van der Waals surface area contributed by atoms with Gasteiger partial charge in [-0.05, 0) is 14.0 Å². The van der Waals surface area contributed by atoms with E-state index < -0.39 is 4.92 Å². The molecule has 0 spiro atoms. The monoisotopic (exact) mass is 305 g/mol. The van der Waals surface area contributed by atoms with Gasteiger partial charge in [0.15, 0.2) is 5.78 Å². The minimum absolute atomic E-state index is 0.0678. The number of hydrogen-bond donors (Lipinski definition) is 0. The Kier molecular flexibility index (Phi) is 4.77. The summed E-state index contributed by atoms with van der Waals surface area (Å²) in [7, 11) is 1.84.